The van der Waals surface area contributed by atoms with Crippen molar-refractivity contribution in [1.82, 2.24) is 9.88 Å². The second-order valence-corrected chi connectivity index (χ2v) is 8.99. The summed E-state index contributed by atoms with van der Waals surface area (Å²) < 4.78 is 0.740. The van der Waals surface area contributed by atoms with Crippen molar-refractivity contribution in [3.8, 4) is 10.4 Å². The van der Waals surface area contributed by atoms with E-state index in [1.54, 1.807) is 17.5 Å². The maximum absolute atomic E-state index is 12.3. The number of halogens is 2. The van der Waals surface area contributed by atoms with E-state index in [1.165, 1.54) is 23.0 Å². The number of thiophene rings is 2. The van der Waals surface area contributed by atoms with Gasteiger partial charge in [0.05, 0.1) is 10.9 Å². The molecule has 1 aliphatic heterocycles. The molecule has 0 unspecified atom stereocenters. The van der Waals surface area contributed by atoms with E-state index in [0.29, 0.717) is 18.2 Å². The van der Waals surface area contributed by atoms with E-state index in [-0.39, 0.29) is 11.8 Å². The fourth-order valence-corrected chi connectivity index (χ4v) is 5.93. The Balaban J connectivity index is 1.83. The lowest BCUT2D eigenvalue weighted by Crippen LogP contribution is -2.36. The lowest BCUT2D eigenvalue weighted by atomic mass is 9.87. The summed E-state index contributed by atoms with van der Waals surface area (Å²) in [7, 11) is 0. The van der Waals surface area contributed by atoms with Gasteiger partial charge in [0.25, 0.3) is 0 Å². The van der Waals surface area contributed by atoms with Gasteiger partial charge < -0.3 is 4.90 Å². The molecular weight excluding hydrogens is 407 g/mol. The largest absolute Gasteiger partial charge is 0.333 e. The molecule has 0 aliphatic carbocycles. The van der Waals surface area contributed by atoms with Crippen molar-refractivity contribution < 1.29 is 4.79 Å². The molecule has 0 radical (unpaired) electrons. The third-order valence-electron chi connectivity index (χ3n) is 4.49. The van der Waals surface area contributed by atoms with Crippen LogP contribution in [0.25, 0.3) is 10.4 Å². The van der Waals surface area contributed by atoms with E-state index in [4.69, 9.17) is 23.2 Å². The second-order valence-electron chi connectivity index (χ2n) is 5.95. The van der Waals surface area contributed by atoms with Crippen molar-refractivity contribution in [2.24, 2.45) is 0 Å². The molecule has 3 aromatic heterocycles. The van der Waals surface area contributed by atoms with Gasteiger partial charge in [0.2, 0.25) is 5.91 Å². The highest BCUT2D eigenvalue weighted by molar-refractivity contribution is 7.16. The maximum Gasteiger partial charge on any atom is 0.246 e. The molecule has 0 N–H and O–H groups in total. The zero-order chi connectivity index (χ0) is 18.3. The van der Waals surface area contributed by atoms with Gasteiger partial charge in [-0.2, -0.15) is 0 Å². The average molecular weight is 421 g/mol. The highest BCUT2D eigenvalue weighted by atomic mass is 35.5. The summed E-state index contributed by atoms with van der Waals surface area (Å²) in [6.07, 6.45) is 3.05. The van der Waals surface area contributed by atoms with Crippen LogP contribution in [0, 0.1) is 0 Å². The molecule has 3 aromatic rings. The molecule has 0 bridgehead atoms. The van der Waals surface area contributed by atoms with Crippen LogP contribution in [0.5, 0.6) is 0 Å². The second kappa shape index (κ2) is 7.16. The molecule has 4 rings (SSSR count). The third-order valence-corrected chi connectivity index (χ3v) is 7.01. The molecule has 4 heterocycles. The molecule has 0 spiro atoms. The standard InChI is InChI=1S/C19H14Cl2N2OS2/c1-2-17(24)23-9-14(13-8-16(20)26-15(13)10-23)11-5-7-25-18(11)12-4-3-6-22-19(12)21/h2-8,14H,1,9-10H2/t14-/m1/s1. The SMILES string of the molecule is C=CC(=O)N1Cc2sc(Cl)cc2[C@@H](c2ccsc2-c2cccnc2Cl)C1. The molecule has 3 nitrogen and oxygen atoms in total. The highest BCUT2D eigenvalue weighted by Crippen LogP contribution is 2.45. The Bertz CT molecular complexity index is 995. The molecule has 7 heteroatoms. The van der Waals surface area contributed by atoms with Crippen molar-refractivity contribution in [1.29, 1.82) is 0 Å². The fourth-order valence-electron chi connectivity index (χ4n) is 3.31. The van der Waals surface area contributed by atoms with Gasteiger partial charge in [-0.3, -0.25) is 4.79 Å². The van der Waals surface area contributed by atoms with Crippen LogP contribution in [0.2, 0.25) is 9.49 Å². The molecule has 0 saturated heterocycles. The molecular formula is C19H14Cl2N2OS2. The van der Waals surface area contributed by atoms with Gasteiger partial charge in [-0.05, 0) is 46.8 Å². The van der Waals surface area contributed by atoms with Gasteiger partial charge in [0.1, 0.15) is 5.15 Å². The molecule has 1 atom stereocenters. The number of hydrogen-bond acceptors (Lipinski definition) is 4. The van der Waals surface area contributed by atoms with Gasteiger partial charge in [-0.1, -0.05) is 29.8 Å². The summed E-state index contributed by atoms with van der Waals surface area (Å²) in [5, 5.41) is 2.53. The fraction of sp³-hybridized carbons (Fsp3) is 0.158. The predicted octanol–water partition coefficient (Wildman–Crippen LogP) is 5.84. The van der Waals surface area contributed by atoms with Crippen molar-refractivity contribution in [3.63, 3.8) is 0 Å². The monoisotopic (exact) mass is 420 g/mol. The molecule has 1 aliphatic rings. The molecule has 26 heavy (non-hydrogen) atoms. The summed E-state index contributed by atoms with van der Waals surface area (Å²) in [6, 6.07) is 7.98. The Morgan fingerprint density at radius 1 is 1.35 bits per heavy atom. The van der Waals surface area contributed by atoms with Gasteiger partial charge in [0.15, 0.2) is 0 Å². The lowest BCUT2D eigenvalue weighted by molar-refractivity contribution is -0.127. The van der Waals surface area contributed by atoms with Gasteiger partial charge in [-0.15, -0.1) is 22.7 Å². The summed E-state index contributed by atoms with van der Waals surface area (Å²) in [6.45, 7) is 4.78. The van der Waals surface area contributed by atoms with Gasteiger partial charge in [-0.25, -0.2) is 4.98 Å². The van der Waals surface area contributed by atoms with E-state index in [9.17, 15) is 4.79 Å². The molecule has 0 aromatic carbocycles. The zero-order valence-electron chi connectivity index (χ0n) is 13.6. The first-order valence-corrected chi connectivity index (χ1v) is 10.4. The Kier molecular flexibility index (Phi) is 4.88. The van der Waals surface area contributed by atoms with E-state index in [0.717, 1.165) is 25.2 Å². The Hall–Kier alpha value is -1.66. The van der Waals surface area contributed by atoms with E-state index in [2.05, 4.69) is 23.0 Å². The lowest BCUT2D eigenvalue weighted by Gasteiger charge is -2.32. The molecule has 0 fully saturated rings. The number of carbonyl (C=O) groups excluding carboxylic acids is 1. The third kappa shape index (κ3) is 3.09. The molecule has 0 saturated carbocycles. The van der Waals surface area contributed by atoms with Crippen LogP contribution in [-0.2, 0) is 11.3 Å². The minimum atomic E-state index is -0.0682. The molecule has 1 amide bonds. The number of fused-ring (bicyclic) bond motifs is 1. The normalized spacial score (nSPS) is 16.4. The Morgan fingerprint density at radius 2 is 2.19 bits per heavy atom. The van der Waals surface area contributed by atoms with Crippen LogP contribution in [0.4, 0.5) is 0 Å². The minimum absolute atomic E-state index is 0.0453. The van der Waals surface area contributed by atoms with Crippen LogP contribution >= 0.6 is 45.9 Å². The summed E-state index contributed by atoms with van der Waals surface area (Å²) in [5.41, 5.74) is 3.24. The van der Waals surface area contributed by atoms with Crippen LogP contribution in [0.15, 0.2) is 48.5 Å². The first kappa shape index (κ1) is 17.7. The Labute approximate surface area is 169 Å². The average Bonchev–Trinajstić information content (AvgIpc) is 3.26. The van der Waals surface area contributed by atoms with E-state index < -0.39 is 0 Å². The summed E-state index contributed by atoms with van der Waals surface area (Å²) in [5.74, 6) is -0.0229. The predicted molar refractivity (Wildman–Crippen MR) is 109 cm³/mol. The van der Waals surface area contributed by atoms with Crippen molar-refractivity contribution in [3.05, 3.63) is 74.0 Å². The number of carbonyl (C=O) groups is 1. The van der Waals surface area contributed by atoms with Crippen molar-refractivity contribution in [2.75, 3.05) is 6.54 Å². The van der Waals surface area contributed by atoms with Crippen LogP contribution in [0.1, 0.15) is 21.9 Å². The number of nitrogens with zero attached hydrogens (tertiary/aromatic N) is 2. The zero-order valence-corrected chi connectivity index (χ0v) is 16.8. The Morgan fingerprint density at radius 3 is 2.96 bits per heavy atom. The minimum Gasteiger partial charge on any atom is -0.333 e. The maximum atomic E-state index is 12.3. The smallest absolute Gasteiger partial charge is 0.246 e. The topological polar surface area (TPSA) is 33.2 Å². The van der Waals surface area contributed by atoms with Crippen molar-refractivity contribution in [2.45, 2.75) is 12.5 Å². The van der Waals surface area contributed by atoms with E-state index >= 15 is 0 Å². The van der Waals surface area contributed by atoms with Gasteiger partial charge in [0, 0.05) is 34.0 Å². The van der Waals surface area contributed by atoms with Crippen LogP contribution in [-0.4, -0.2) is 22.3 Å². The summed E-state index contributed by atoms with van der Waals surface area (Å²) >= 11 is 15.8. The number of amides is 1. The number of pyridine rings is 1. The van der Waals surface area contributed by atoms with E-state index in [1.807, 2.05) is 23.1 Å². The van der Waals surface area contributed by atoms with Gasteiger partial charge >= 0.3 is 0 Å². The van der Waals surface area contributed by atoms with Crippen molar-refractivity contribution >= 4 is 51.8 Å². The van der Waals surface area contributed by atoms with Crippen LogP contribution in [0.3, 0.4) is 0 Å². The number of rotatable bonds is 3. The quantitative estimate of drug-likeness (QED) is 0.393. The summed E-state index contributed by atoms with van der Waals surface area (Å²) in [4.78, 5) is 20.5. The first-order chi connectivity index (χ1) is 12.6. The highest BCUT2D eigenvalue weighted by Gasteiger charge is 2.32. The number of aromatic nitrogens is 1. The first-order valence-electron chi connectivity index (χ1n) is 7.96. The van der Waals surface area contributed by atoms with Crippen LogP contribution < -0.4 is 0 Å². The molecule has 132 valence electrons. The number of hydrogen-bond donors (Lipinski definition) is 0.